The number of anilines is 1. The molecular formula is C9H9BrClNO4S. The minimum atomic E-state index is -3.99. The molecule has 0 aliphatic rings. The highest BCUT2D eigenvalue weighted by Crippen LogP contribution is 2.31. The second-order valence-corrected chi connectivity index (χ2v) is 6.43. The van der Waals surface area contributed by atoms with Gasteiger partial charge in [-0.25, -0.2) is 8.42 Å². The quantitative estimate of drug-likeness (QED) is 0.879. The molecule has 17 heavy (non-hydrogen) atoms. The Kier molecular flexibility index (Phi) is 4.40. The van der Waals surface area contributed by atoms with E-state index in [0.29, 0.717) is 9.50 Å². The van der Waals surface area contributed by atoms with Crippen molar-refractivity contribution in [1.29, 1.82) is 0 Å². The summed E-state index contributed by atoms with van der Waals surface area (Å²) in [6.45, 7) is 1.09. The highest BCUT2D eigenvalue weighted by Gasteiger charge is 2.28. The van der Waals surface area contributed by atoms with Crippen LogP contribution in [0, 0.1) is 0 Å². The van der Waals surface area contributed by atoms with Crippen LogP contribution in [0.25, 0.3) is 0 Å². The Morgan fingerprint density at radius 2 is 2.12 bits per heavy atom. The summed E-state index contributed by atoms with van der Waals surface area (Å²) < 4.78 is 25.8. The van der Waals surface area contributed by atoms with Crippen LogP contribution in [0.3, 0.4) is 0 Å². The molecule has 8 heteroatoms. The van der Waals surface area contributed by atoms with E-state index >= 15 is 0 Å². The zero-order valence-corrected chi connectivity index (χ0v) is 11.8. The molecule has 0 saturated carbocycles. The topological polar surface area (TPSA) is 83.5 Å². The van der Waals surface area contributed by atoms with Crippen molar-refractivity contribution >= 4 is 49.2 Å². The highest BCUT2D eigenvalue weighted by atomic mass is 79.9. The number of carboxylic acids is 1. The number of benzene rings is 1. The third kappa shape index (κ3) is 3.34. The van der Waals surface area contributed by atoms with Gasteiger partial charge in [0.1, 0.15) is 0 Å². The van der Waals surface area contributed by atoms with Crippen molar-refractivity contribution in [2.45, 2.75) is 12.2 Å². The van der Waals surface area contributed by atoms with Crippen LogP contribution >= 0.6 is 27.5 Å². The van der Waals surface area contributed by atoms with Crippen molar-refractivity contribution in [3.8, 4) is 0 Å². The molecule has 0 aromatic heterocycles. The number of halogens is 2. The fraction of sp³-hybridized carbons (Fsp3) is 0.222. The van der Waals surface area contributed by atoms with Gasteiger partial charge >= 0.3 is 5.97 Å². The standard InChI is InChI=1S/C9H9BrClNO4S/c1-5(9(13)14)17(15,16)12-7-4-2-3-6(11)8(7)10/h2-5,12H,1H3,(H,13,14). The fourth-order valence-electron chi connectivity index (χ4n) is 0.957. The molecule has 94 valence electrons. The number of sulfonamides is 1. The summed E-state index contributed by atoms with van der Waals surface area (Å²) in [5.41, 5.74) is 0.200. The van der Waals surface area contributed by atoms with Crippen LogP contribution < -0.4 is 4.72 Å². The Hall–Kier alpha value is -0.790. The van der Waals surface area contributed by atoms with Crippen molar-refractivity contribution in [3.63, 3.8) is 0 Å². The summed E-state index contributed by atoms with van der Waals surface area (Å²) in [7, 11) is -3.99. The lowest BCUT2D eigenvalue weighted by atomic mass is 10.3. The van der Waals surface area contributed by atoms with Crippen molar-refractivity contribution in [2.75, 3.05) is 4.72 Å². The molecule has 1 unspecified atom stereocenters. The van der Waals surface area contributed by atoms with E-state index in [-0.39, 0.29) is 5.69 Å². The van der Waals surface area contributed by atoms with E-state index in [1.807, 2.05) is 0 Å². The van der Waals surface area contributed by atoms with Gasteiger partial charge in [0.05, 0.1) is 15.2 Å². The molecule has 0 radical (unpaired) electrons. The Labute approximate surface area is 112 Å². The summed E-state index contributed by atoms with van der Waals surface area (Å²) in [5.74, 6) is -1.42. The highest BCUT2D eigenvalue weighted by molar-refractivity contribution is 9.10. The van der Waals surface area contributed by atoms with E-state index in [4.69, 9.17) is 16.7 Å². The normalized spacial score (nSPS) is 13.1. The van der Waals surface area contributed by atoms with E-state index in [2.05, 4.69) is 20.7 Å². The second-order valence-electron chi connectivity index (χ2n) is 3.23. The zero-order valence-electron chi connectivity index (χ0n) is 8.65. The van der Waals surface area contributed by atoms with E-state index in [1.54, 1.807) is 12.1 Å². The summed E-state index contributed by atoms with van der Waals surface area (Å²) in [6, 6.07) is 4.60. The van der Waals surface area contributed by atoms with E-state index in [0.717, 1.165) is 6.92 Å². The monoisotopic (exact) mass is 341 g/mol. The van der Waals surface area contributed by atoms with Gasteiger partial charge in [0, 0.05) is 0 Å². The van der Waals surface area contributed by atoms with Gasteiger partial charge in [-0.2, -0.15) is 0 Å². The minimum absolute atomic E-state index is 0.200. The van der Waals surface area contributed by atoms with Gasteiger partial charge in [0.15, 0.2) is 5.25 Å². The predicted molar refractivity (Wildman–Crippen MR) is 68.8 cm³/mol. The van der Waals surface area contributed by atoms with Crippen molar-refractivity contribution in [3.05, 3.63) is 27.7 Å². The maximum atomic E-state index is 11.6. The Balaban J connectivity index is 3.07. The van der Waals surface area contributed by atoms with Crippen molar-refractivity contribution < 1.29 is 18.3 Å². The number of nitrogens with one attached hydrogen (secondary N) is 1. The first-order valence-corrected chi connectivity index (χ1v) is 7.16. The maximum absolute atomic E-state index is 11.6. The molecule has 0 fully saturated rings. The summed E-state index contributed by atoms with van der Waals surface area (Å²) in [4.78, 5) is 10.6. The average Bonchev–Trinajstić information content (AvgIpc) is 2.23. The molecule has 5 nitrogen and oxygen atoms in total. The minimum Gasteiger partial charge on any atom is -0.480 e. The molecule has 0 bridgehead atoms. The summed E-state index contributed by atoms with van der Waals surface area (Å²) in [5, 5.41) is 7.44. The largest absolute Gasteiger partial charge is 0.480 e. The summed E-state index contributed by atoms with van der Waals surface area (Å²) in [6.07, 6.45) is 0. The molecule has 1 atom stereocenters. The Bertz CT molecular complexity index is 546. The first-order valence-electron chi connectivity index (χ1n) is 4.44. The van der Waals surface area contributed by atoms with Gasteiger partial charge in [0.2, 0.25) is 10.0 Å². The zero-order chi connectivity index (χ0) is 13.2. The molecule has 2 N–H and O–H groups in total. The average molecular weight is 343 g/mol. The van der Waals surface area contributed by atoms with E-state index < -0.39 is 21.2 Å². The molecule has 0 aliphatic heterocycles. The number of carbonyl (C=O) groups is 1. The molecule has 1 rings (SSSR count). The van der Waals surface area contributed by atoms with Crippen LogP contribution in [-0.4, -0.2) is 24.7 Å². The van der Waals surface area contributed by atoms with Gasteiger partial charge in [-0.3, -0.25) is 9.52 Å². The molecule has 0 heterocycles. The Morgan fingerprint density at radius 1 is 1.53 bits per heavy atom. The van der Waals surface area contributed by atoms with E-state index in [1.165, 1.54) is 6.07 Å². The maximum Gasteiger partial charge on any atom is 0.323 e. The SMILES string of the molecule is CC(C(=O)O)S(=O)(=O)Nc1cccc(Cl)c1Br. The fourth-order valence-corrected chi connectivity index (χ4v) is 2.55. The van der Waals surface area contributed by atoms with Gasteiger partial charge in [0.25, 0.3) is 0 Å². The number of rotatable bonds is 4. The summed E-state index contributed by atoms with van der Waals surface area (Å²) >= 11 is 8.90. The molecule has 0 amide bonds. The van der Waals surface area contributed by atoms with Crippen LogP contribution in [0.1, 0.15) is 6.92 Å². The van der Waals surface area contributed by atoms with Crippen molar-refractivity contribution in [1.82, 2.24) is 0 Å². The third-order valence-corrected chi connectivity index (χ3v) is 5.05. The number of aliphatic carboxylic acids is 1. The van der Waals surface area contributed by atoms with E-state index in [9.17, 15) is 13.2 Å². The lowest BCUT2D eigenvalue weighted by Gasteiger charge is -2.12. The second kappa shape index (κ2) is 5.24. The molecule has 0 saturated heterocycles. The van der Waals surface area contributed by atoms with Crippen LogP contribution in [-0.2, 0) is 14.8 Å². The predicted octanol–water partition coefficient (Wildman–Crippen LogP) is 2.32. The molecular weight excluding hydrogens is 334 g/mol. The Morgan fingerprint density at radius 3 is 2.65 bits per heavy atom. The number of carboxylic acid groups (broad SMARTS) is 1. The molecule has 1 aromatic carbocycles. The molecule has 0 aliphatic carbocycles. The van der Waals surface area contributed by atoms with Crippen LogP contribution in [0.15, 0.2) is 22.7 Å². The lowest BCUT2D eigenvalue weighted by Crippen LogP contribution is -2.32. The number of hydrogen-bond donors (Lipinski definition) is 2. The first-order chi connectivity index (χ1) is 7.75. The van der Waals surface area contributed by atoms with Crippen molar-refractivity contribution in [2.24, 2.45) is 0 Å². The van der Waals surface area contributed by atoms with Gasteiger partial charge in [-0.15, -0.1) is 0 Å². The first kappa shape index (κ1) is 14.3. The van der Waals surface area contributed by atoms with Gasteiger partial charge < -0.3 is 5.11 Å². The van der Waals surface area contributed by atoms with Crippen LogP contribution in [0.4, 0.5) is 5.69 Å². The van der Waals surface area contributed by atoms with Gasteiger partial charge in [-0.1, -0.05) is 17.7 Å². The van der Waals surface area contributed by atoms with Crippen LogP contribution in [0.5, 0.6) is 0 Å². The lowest BCUT2D eigenvalue weighted by molar-refractivity contribution is -0.136. The van der Waals surface area contributed by atoms with Gasteiger partial charge in [-0.05, 0) is 35.0 Å². The molecule has 1 aromatic rings. The van der Waals surface area contributed by atoms with Crippen LogP contribution in [0.2, 0.25) is 5.02 Å². The third-order valence-electron chi connectivity index (χ3n) is 2.02. The number of hydrogen-bond acceptors (Lipinski definition) is 3. The molecule has 0 spiro atoms. The smallest absolute Gasteiger partial charge is 0.323 e.